The molecule has 0 aliphatic heterocycles. The lowest BCUT2D eigenvalue weighted by Crippen LogP contribution is -2.32. The highest BCUT2D eigenvalue weighted by Gasteiger charge is 2.11. The van der Waals surface area contributed by atoms with Gasteiger partial charge in [0, 0.05) is 18.9 Å². The van der Waals surface area contributed by atoms with Crippen molar-refractivity contribution in [3.8, 4) is 5.69 Å². The van der Waals surface area contributed by atoms with Crippen molar-refractivity contribution in [1.82, 2.24) is 15.1 Å². The van der Waals surface area contributed by atoms with Gasteiger partial charge in [-0.2, -0.15) is 5.10 Å². The number of aliphatic hydroxyl groups is 1. The average molecular weight is 302 g/mol. The number of carbonyl (C=O) groups excluding carboxylic acids is 1. The van der Waals surface area contributed by atoms with Gasteiger partial charge in [-0.3, -0.25) is 0 Å². The standard InChI is InChI=1S/C16H22N4O2/c1-12(2)15(21)8-10-17-16(22)19-13-6-3-4-7-14(13)20-11-5-9-18-20/h3-7,9,11-12,15,21H,8,10H2,1-2H3,(H2,17,19,22). The Bertz CT molecular complexity index is 596. The number of para-hydroxylation sites is 2. The molecule has 0 aliphatic carbocycles. The summed E-state index contributed by atoms with van der Waals surface area (Å²) in [7, 11) is 0. The first-order chi connectivity index (χ1) is 10.6. The molecule has 22 heavy (non-hydrogen) atoms. The number of amides is 2. The smallest absolute Gasteiger partial charge is 0.319 e. The van der Waals surface area contributed by atoms with Crippen molar-refractivity contribution in [2.24, 2.45) is 5.92 Å². The lowest BCUT2D eigenvalue weighted by atomic mass is 10.0. The summed E-state index contributed by atoms with van der Waals surface area (Å²) in [5, 5.41) is 19.4. The summed E-state index contributed by atoms with van der Waals surface area (Å²) in [5.41, 5.74) is 1.47. The Hall–Kier alpha value is -2.34. The van der Waals surface area contributed by atoms with E-state index >= 15 is 0 Å². The summed E-state index contributed by atoms with van der Waals surface area (Å²) < 4.78 is 1.69. The molecular weight excluding hydrogens is 280 g/mol. The van der Waals surface area contributed by atoms with E-state index in [1.165, 1.54) is 0 Å². The van der Waals surface area contributed by atoms with Gasteiger partial charge in [-0.25, -0.2) is 9.48 Å². The minimum absolute atomic E-state index is 0.186. The second-order valence-electron chi connectivity index (χ2n) is 5.45. The van der Waals surface area contributed by atoms with E-state index in [1.54, 1.807) is 10.9 Å². The number of benzene rings is 1. The van der Waals surface area contributed by atoms with Crippen LogP contribution in [0.15, 0.2) is 42.7 Å². The van der Waals surface area contributed by atoms with Crippen LogP contribution in [0.5, 0.6) is 0 Å². The number of nitrogens with one attached hydrogen (secondary N) is 2. The van der Waals surface area contributed by atoms with Gasteiger partial charge in [-0.05, 0) is 30.5 Å². The summed E-state index contributed by atoms with van der Waals surface area (Å²) in [6.45, 7) is 4.32. The number of carbonyl (C=O) groups is 1. The molecule has 2 aromatic rings. The fraction of sp³-hybridized carbons (Fsp3) is 0.375. The zero-order valence-electron chi connectivity index (χ0n) is 12.9. The molecule has 1 aromatic heterocycles. The van der Waals surface area contributed by atoms with Crippen LogP contribution < -0.4 is 10.6 Å². The van der Waals surface area contributed by atoms with Crippen LogP contribution in [0.2, 0.25) is 0 Å². The highest BCUT2D eigenvalue weighted by Crippen LogP contribution is 2.18. The second kappa shape index (κ2) is 7.61. The molecule has 3 N–H and O–H groups in total. The molecule has 0 saturated carbocycles. The highest BCUT2D eigenvalue weighted by atomic mass is 16.3. The molecule has 1 aromatic carbocycles. The van der Waals surface area contributed by atoms with Crippen molar-refractivity contribution in [1.29, 1.82) is 0 Å². The van der Waals surface area contributed by atoms with Crippen molar-refractivity contribution in [3.05, 3.63) is 42.7 Å². The first kappa shape index (κ1) is 16.0. The monoisotopic (exact) mass is 302 g/mol. The van der Waals surface area contributed by atoms with Crippen LogP contribution in [0, 0.1) is 5.92 Å². The number of hydrogen-bond acceptors (Lipinski definition) is 3. The van der Waals surface area contributed by atoms with Crippen molar-refractivity contribution >= 4 is 11.7 Å². The van der Waals surface area contributed by atoms with Crippen molar-refractivity contribution in [2.45, 2.75) is 26.4 Å². The number of aromatic nitrogens is 2. The zero-order chi connectivity index (χ0) is 15.9. The van der Waals surface area contributed by atoms with Crippen LogP contribution in [0.4, 0.5) is 10.5 Å². The molecule has 118 valence electrons. The molecule has 0 aliphatic rings. The number of aliphatic hydroxyl groups excluding tert-OH is 1. The molecule has 6 nitrogen and oxygen atoms in total. The maximum Gasteiger partial charge on any atom is 0.319 e. The van der Waals surface area contributed by atoms with E-state index in [0.717, 1.165) is 5.69 Å². The maximum atomic E-state index is 12.0. The van der Waals surface area contributed by atoms with Gasteiger partial charge in [0.05, 0.1) is 17.5 Å². The van der Waals surface area contributed by atoms with Gasteiger partial charge in [0.2, 0.25) is 0 Å². The number of nitrogens with zero attached hydrogens (tertiary/aromatic N) is 2. The molecule has 0 spiro atoms. The minimum Gasteiger partial charge on any atom is -0.393 e. The van der Waals surface area contributed by atoms with E-state index in [0.29, 0.717) is 18.7 Å². The van der Waals surface area contributed by atoms with Gasteiger partial charge in [0.15, 0.2) is 0 Å². The first-order valence-corrected chi connectivity index (χ1v) is 7.40. The molecule has 2 amide bonds. The molecule has 0 fully saturated rings. The van der Waals surface area contributed by atoms with Gasteiger partial charge in [0.25, 0.3) is 0 Å². The SMILES string of the molecule is CC(C)C(O)CCNC(=O)Nc1ccccc1-n1cccn1. The Labute approximate surface area is 130 Å². The van der Waals surface area contributed by atoms with E-state index in [-0.39, 0.29) is 11.9 Å². The predicted molar refractivity (Wildman–Crippen MR) is 86.0 cm³/mol. The van der Waals surface area contributed by atoms with Crippen LogP contribution in [0.3, 0.4) is 0 Å². The molecule has 1 atom stereocenters. The largest absolute Gasteiger partial charge is 0.393 e. The minimum atomic E-state index is -0.406. The molecule has 1 unspecified atom stereocenters. The lowest BCUT2D eigenvalue weighted by molar-refractivity contribution is 0.117. The van der Waals surface area contributed by atoms with E-state index in [4.69, 9.17) is 0 Å². The zero-order valence-corrected chi connectivity index (χ0v) is 12.9. The normalized spacial score (nSPS) is 12.2. The number of rotatable bonds is 6. The number of urea groups is 1. The van der Waals surface area contributed by atoms with Crippen molar-refractivity contribution in [3.63, 3.8) is 0 Å². The first-order valence-electron chi connectivity index (χ1n) is 7.40. The summed E-state index contributed by atoms with van der Waals surface area (Å²) >= 11 is 0. The van der Waals surface area contributed by atoms with Gasteiger partial charge in [-0.15, -0.1) is 0 Å². The predicted octanol–water partition coefficient (Wildman–Crippen LogP) is 2.40. The molecular formula is C16H22N4O2. The molecule has 0 bridgehead atoms. The average Bonchev–Trinajstić information content (AvgIpc) is 3.01. The third-order valence-corrected chi connectivity index (χ3v) is 3.40. The number of anilines is 1. The molecule has 0 saturated heterocycles. The Kier molecular flexibility index (Phi) is 5.55. The summed E-state index contributed by atoms with van der Waals surface area (Å²) in [5.74, 6) is 0.186. The third-order valence-electron chi connectivity index (χ3n) is 3.40. The van der Waals surface area contributed by atoms with Crippen LogP contribution in [0.1, 0.15) is 20.3 Å². The molecule has 2 rings (SSSR count). The summed E-state index contributed by atoms with van der Waals surface area (Å²) in [6, 6.07) is 8.97. The molecule has 0 radical (unpaired) electrons. The molecule has 1 heterocycles. The van der Waals surface area contributed by atoms with Crippen molar-refractivity contribution in [2.75, 3.05) is 11.9 Å². The second-order valence-corrected chi connectivity index (χ2v) is 5.45. The highest BCUT2D eigenvalue weighted by molar-refractivity contribution is 5.91. The van der Waals surface area contributed by atoms with Gasteiger partial charge < -0.3 is 15.7 Å². The van der Waals surface area contributed by atoms with Gasteiger partial charge >= 0.3 is 6.03 Å². The van der Waals surface area contributed by atoms with E-state index < -0.39 is 6.10 Å². The fourth-order valence-electron chi connectivity index (χ4n) is 2.02. The Balaban J connectivity index is 1.92. The van der Waals surface area contributed by atoms with Gasteiger partial charge in [0.1, 0.15) is 0 Å². The Morgan fingerprint density at radius 2 is 2.09 bits per heavy atom. The maximum absolute atomic E-state index is 12.0. The summed E-state index contributed by atoms with van der Waals surface area (Å²) in [6.07, 6.45) is 3.63. The van der Waals surface area contributed by atoms with Gasteiger partial charge in [-0.1, -0.05) is 26.0 Å². The van der Waals surface area contributed by atoms with Crippen molar-refractivity contribution < 1.29 is 9.90 Å². The lowest BCUT2D eigenvalue weighted by Gasteiger charge is -2.15. The van der Waals surface area contributed by atoms with Crippen LogP contribution in [-0.4, -0.2) is 33.6 Å². The molecule has 6 heteroatoms. The topological polar surface area (TPSA) is 79.2 Å². The summed E-state index contributed by atoms with van der Waals surface area (Å²) in [4.78, 5) is 12.0. The van der Waals surface area contributed by atoms with Crippen LogP contribution in [0.25, 0.3) is 5.69 Å². The number of hydrogen-bond donors (Lipinski definition) is 3. The Morgan fingerprint density at radius 3 is 2.77 bits per heavy atom. The van der Waals surface area contributed by atoms with Crippen LogP contribution in [-0.2, 0) is 0 Å². The third kappa shape index (κ3) is 4.33. The van der Waals surface area contributed by atoms with E-state index in [9.17, 15) is 9.90 Å². The van der Waals surface area contributed by atoms with Crippen LogP contribution >= 0.6 is 0 Å². The van der Waals surface area contributed by atoms with E-state index in [2.05, 4.69) is 15.7 Å². The Morgan fingerprint density at radius 1 is 1.32 bits per heavy atom. The van der Waals surface area contributed by atoms with E-state index in [1.807, 2.05) is 50.4 Å². The fourth-order valence-corrected chi connectivity index (χ4v) is 2.02. The quantitative estimate of drug-likeness (QED) is 0.766.